The van der Waals surface area contributed by atoms with Crippen LogP contribution in [0.4, 0.5) is 10.5 Å². The van der Waals surface area contributed by atoms with Gasteiger partial charge in [-0.15, -0.1) is 0 Å². The summed E-state index contributed by atoms with van der Waals surface area (Å²) in [4.78, 5) is 35.2. The second kappa shape index (κ2) is 8.63. The van der Waals surface area contributed by atoms with Crippen LogP contribution in [0.2, 0.25) is 0 Å². The van der Waals surface area contributed by atoms with Crippen molar-refractivity contribution in [2.24, 2.45) is 0 Å². The molecular weight excluding hydrogens is 290 g/mol. The monoisotopic (exact) mass is 309 g/mol. The summed E-state index contributed by atoms with van der Waals surface area (Å²) in [6.45, 7) is 0.159. The van der Waals surface area contributed by atoms with Crippen LogP contribution >= 0.6 is 0 Å². The lowest BCUT2D eigenvalue weighted by atomic mass is 10.3. The molecule has 0 aliphatic rings. The Bertz CT molecular complexity index is 530. The quantitative estimate of drug-likeness (QED) is 0.686. The predicted molar refractivity (Wildman–Crippen MR) is 79.9 cm³/mol. The molecule has 0 saturated carbocycles. The average molecular weight is 309 g/mol. The predicted octanol–water partition coefficient (Wildman–Crippen LogP) is 0.750. The molecule has 120 valence electrons. The maximum Gasteiger partial charge on any atom is 0.325 e. The van der Waals surface area contributed by atoms with Crippen molar-refractivity contribution in [1.29, 1.82) is 0 Å². The van der Waals surface area contributed by atoms with Crippen LogP contribution in [0.1, 0.15) is 6.42 Å². The number of nitrogens with one attached hydrogen (secondary N) is 2. The first-order valence-corrected chi connectivity index (χ1v) is 6.56. The molecule has 0 aromatic heterocycles. The number of anilines is 1. The number of ether oxygens (including phenoxy) is 1. The number of hydrogen-bond donors (Lipinski definition) is 3. The highest BCUT2D eigenvalue weighted by atomic mass is 16.5. The standard InChI is InChI=1S/C14H19N3O5/c1-17(8-7-13(19)20)9-12(18)16-14(21)15-10-3-5-11(22-2)6-4-10/h3-6H,7-9H2,1-2H3,(H,19,20)(H2,15,16,18,21). The number of nitrogens with zero attached hydrogens (tertiary/aromatic N) is 1. The van der Waals surface area contributed by atoms with Gasteiger partial charge in [-0.2, -0.15) is 0 Å². The van der Waals surface area contributed by atoms with Gasteiger partial charge in [0.05, 0.1) is 20.1 Å². The highest BCUT2D eigenvalue weighted by Gasteiger charge is 2.11. The third-order valence-corrected chi connectivity index (χ3v) is 2.72. The van der Waals surface area contributed by atoms with Crippen LogP contribution in [-0.4, -0.2) is 55.2 Å². The molecule has 0 unspecified atom stereocenters. The number of carboxylic acids is 1. The summed E-state index contributed by atoms with van der Waals surface area (Å²) in [7, 11) is 3.14. The van der Waals surface area contributed by atoms with E-state index in [1.54, 1.807) is 31.3 Å². The third kappa shape index (κ3) is 6.71. The minimum Gasteiger partial charge on any atom is -0.497 e. The van der Waals surface area contributed by atoms with Crippen LogP contribution in [-0.2, 0) is 9.59 Å². The molecule has 22 heavy (non-hydrogen) atoms. The number of likely N-dealkylation sites (N-methyl/N-ethyl adjacent to an activating group) is 1. The largest absolute Gasteiger partial charge is 0.497 e. The van der Waals surface area contributed by atoms with Crippen molar-refractivity contribution in [3.63, 3.8) is 0 Å². The van der Waals surface area contributed by atoms with Crippen LogP contribution in [0, 0.1) is 0 Å². The first kappa shape index (κ1) is 17.4. The van der Waals surface area contributed by atoms with E-state index in [1.807, 2.05) is 0 Å². The van der Waals surface area contributed by atoms with Crippen LogP contribution < -0.4 is 15.4 Å². The maximum absolute atomic E-state index is 11.6. The number of rotatable bonds is 7. The molecule has 0 aliphatic carbocycles. The van der Waals surface area contributed by atoms with Crippen molar-refractivity contribution in [2.75, 3.05) is 32.6 Å². The number of carbonyl (C=O) groups is 3. The SMILES string of the molecule is COc1ccc(NC(=O)NC(=O)CN(C)CCC(=O)O)cc1. The van der Waals surface area contributed by atoms with Gasteiger partial charge in [0.1, 0.15) is 5.75 Å². The number of hydrogen-bond acceptors (Lipinski definition) is 5. The van der Waals surface area contributed by atoms with E-state index >= 15 is 0 Å². The van der Waals surface area contributed by atoms with Crippen molar-refractivity contribution in [3.05, 3.63) is 24.3 Å². The molecule has 1 aromatic rings. The Balaban J connectivity index is 2.37. The topological polar surface area (TPSA) is 108 Å². The molecular formula is C14H19N3O5. The minimum absolute atomic E-state index is 0.0662. The number of amides is 3. The van der Waals surface area contributed by atoms with Crippen molar-refractivity contribution in [1.82, 2.24) is 10.2 Å². The van der Waals surface area contributed by atoms with Gasteiger partial charge in [0.15, 0.2) is 0 Å². The second-order valence-corrected chi connectivity index (χ2v) is 4.61. The molecule has 0 heterocycles. The number of urea groups is 1. The fourth-order valence-corrected chi connectivity index (χ4v) is 1.61. The molecule has 0 atom stereocenters. The molecule has 0 saturated heterocycles. The molecule has 3 N–H and O–H groups in total. The Morgan fingerprint density at radius 1 is 1.23 bits per heavy atom. The van der Waals surface area contributed by atoms with Gasteiger partial charge in [0, 0.05) is 12.2 Å². The van der Waals surface area contributed by atoms with Crippen molar-refractivity contribution in [2.45, 2.75) is 6.42 Å². The van der Waals surface area contributed by atoms with Gasteiger partial charge < -0.3 is 15.2 Å². The average Bonchev–Trinajstić information content (AvgIpc) is 2.45. The number of aliphatic carboxylic acids is 1. The second-order valence-electron chi connectivity index (χ2n) is 4.61. The lowest BCUT2D eigenvalue weighted by molar-refractivity contribution is -0.137. The molecule has 0 spiro atoms. The number of benzene rings is 1. The molecule has 1 rings (SSSR count). The molecule has 0 bridgehead atoms. The summed E-state index contributed by atoms with van der Waals surface area (Å²) in [5.74, 6) is -0.800. The van der Waals surface area contributed by atoms with Gasteiger partial charge in [0.2, 0.25) is 5.91 Å². The van der Waals surface area contributed by atoms with Crippen LogP contribution in [0.15, 0.2) is 24.3 Å². The fourth-order valence-electron chi connectivity index (χ4n) is 1.61. The van der Waals surface area contributed by atoms with Crippen LogP contribution in [0.3, 0.4) is 0 Å². The molecule has 8 nitrogen and oxygen atoms in total. The Kier molecular flexibility index (Phi) is 6.84. The zero-order valence-corrected chi connectivity index (χ0v) is 12.5. The first-order valence-electron chi connectivity index (χ1n) is 6.56. The molecule has 3 amide bonds. The normalized spacial score (nSPS) is 10.1. The van der Waals surface area contributed by atoms with E-state index in [0.29, 0.717) is 11.4 Å². The van der Waals surface area contributed by atoms with Gasteiger partial charge in [0.25, 0.3) is 0 Å². The fraction of sp³-hybridized carbons (Fsp3) is 0.357. The van der Waals surface area contributed by atoms with Gasteiger partial charge in [-0.25, -0.2) is 4.79 Å². The van der Waals surface area contributed by atoms with Crippen molar-refractivity contribution < 1.29 is 24.2 Å². The number of methoxy groups -OCH3 is 1. The molecule has 1 aromatic carbocycles. The Morgan fingerprint density at radius 3 is 2.41 bits per heavy atom. The summed E-state index contributed by atoms with van der Waals surface area (Å²) in [5.41, 5.74) is 0.519. The summed E-state index contributed by atoms with van der Waals surface area (Å²) >= 11 is 0. The van der Waals surface area contributed by atoms with Crippen molar-refractivity contribution >= 4 is 23.6 Å². The summed E-state index contributed by atoms with van der Waals surface area (Å²) in [6.07, 6.45) is -0.0676. The number of carbonyl (C=O) groups excluding carboxylic acids is 2. The molecule has 0 fully saturated rings. The van der Waals surface area contributed by atoms with Gasteiger partial charge in [-0.3, -0.25) is 19.8 Å². The Hall–Kier alpha value is -2.61. The van der Waals surface area contributed by atoms with E-state index in [9.17, 15) is 14.4 Å². The van der Waals surface area contributed by atoms with Gasteiger partial charge in [-0.05, 0) is 31.3 Å². The maximum atomic E-state index is 11.6. The summed E-state index contributed by atoms with van der Waals surface area (Å²) in [5, 5.41) is 13.2. The molecule has 0 aliphatic heterocycles. The highest BCUT2D eigenvalue weighted by molar-refractivity contribution is 6.01. The molecule has 0 radical (unpaired) electrons. The minimum atomic E-state index is -0.940. The van der Waals surface area contributed by atoms with Gasteiger partial charge >= 0.3 is 12.0 Å². The number of imide groups is 1. The number of carboxylic acid groups (broad SMARTS) is 1. The van der Waals surface area contributed by atoms with Crippen molar-refractivity contribution in [3.8, 4) is 5.75 Å². The van der Waals surface area contributed by atoms with E-state index < -0.39 is 17.9 Å². The first-order chi connectivity index (χ1) is 10.4. The van der Waals surface area contributed by atoms with Crippen LogP contribution in [0.25, 0.3) is 0 Å². The van der Waals surface area contributed by atoms with Crippen LogP contribution in [0.5, 0.6) is 5.75 Å². The van der Waals surface area contributed by atoms with E-state index in [-0.39, 0.29) is 19.5 Å². The zero-order chi connectivity index (χ0) is 16.5. The van der Waals surface area contributed by atoms with E-state index in [0.717, 1.165) is 0 Å². The van der Waals surface area contributed by atoms with Gasteiger partial charge in [-0.1, -0.05) is 0 Å². The smallest absolute Gasteiger partial charge is 0.325 e. The van der Waals surface area contributed by atoms with E-state index in [1.165, 1.54) is 12.0 Å². The van der Waals surface area contributed by atoms with E-state index in [4.69, 9.17) is 9.84 Å². The zero-order valence-electron chi connectivity index (χ0n) is 12.5. The Labute approximate surface area is 128 Å². The summed E-state index contributed by atoms with van der Waals surface area (Å²) < 4.78 is 4.99. The van der Waals surface area contributed by atoms with E-state index in [2.05, 4.69) is 10.6 Å². The third-order valence-electron chi connectivity index (χ3n) is 2.72. The lowest BCUT2D eigenvalue weighted by Gasteiger charge is -2.14. The highest BCUT2D eigenvalue weighted by Crippen LogP contribution is 2.14. The summed E-state index contributed by atoms with van der Waals surface area (Å²) in [6, 6.07) is 5.99. The lowest BCUT2D eigenvalue weighted by Crippen LogP contribution is -2.41. The Morgan fingerprint density at radius 2 is 1.86 bits per heavy atom. The molecule has 8 heteroatoms.